The third-order valence-corrected chi connectivity index (χ3v) is 6.49. The molecule has 2 aromatic carbocycles. The molecule has 0 spiro atoms. The fourth-order valence-corrected chi connectivity index (χ4v) is 5.25. The SMILES string of the molecule is CCn1c(=O)sc2cc(NS(=O)(=O)c3cc(Br)ccc3OC)ccc21. The molecule has 0 aliphatic heterocycles. The summed E-state index contributed by atoms with van der Waals surface area (Å²) in [5.41, 5.74) is 1.18. The Labute approximate surface area is 157 Å². The lowest BCUT2D eigenvalue weighted by molar-refractivity contribution is 0.403. The summed E-state index contributed by atoms with van der Waals surface area (Å²) in [5, 5.41) is 0. The van der Waals surface area contributed by atoms with Crippen LogP contribution in [0.25, 0.3) is 10.2 Å². The van der Waals surface area contributed by atoms with Crippen LogP contribution in [0, 0.1) is 0 Å². The van der Waals surface area contributed by atoms with Crippen molar-refractivity contribution in [1.29, 1.82) is 0 Å². The van der Waals surface area contributed by atoms with Gasteiger partial charge in [0.1, 0.15) is 10.6 Å². The second-order valence-corrected chi connectivity index (χ2v) is 8.76. The van der Waals surface area contributed by atoms with E-state index in [1.54, 1.807) is 34.9 Å². The van der Waals surface area contributed by atoms with E-state index < -0.39 is 10.0 Å². The van der Waals surface area contributed by atoms with Gasteiger partial charge in [-0.3, -0.25) is 14.1 Å². The number of anilines is 1. The average Bonchev–Trinajstić information content (AvgIpc) is 2.88. The first-order valence-electron chi connectivity index (χ1n) is 7.35. The molecule has 9 heteroatoms. The van der Waals surface area contributed by atoms with E-state index in [9.17, 15) is 13.2 Å². The van der Waals surface area contributed by atoms with Crippen LogP contribution < -0.4 is 14.3 Å². The van der Waals surface area contributed by atoms with Crippen molar-refractivity contribution in [2.45, 2.75) is 18.4 Å². The maximum absolute atomic E-state index is 12.7. The Kier molecular flexibility index (Phi) is 4.90. The van der Waals surface area contributed by atoms with Gasteiger partial charge in [-0.15, -0.1) is 0 Å². The minimum absolute atomic E-state index is 0.0313. The molecule has 6 nitrogen and oxygen atoms in total. The Morgan fingerprint density at radius 2 is 2.00 bits per heavy atom. The molecule has 0 radical (unpaired) electrons. The molecule has 0 bridgehead atoms. The lowest BCUT2D eigenvalue weighted by atomic mass is 10.3. The van der Waals surface area contributed by atoms with Gasteiger partial charge < -0.3 is 4.74 Å². The van der Waals surface area contributed by atoms with Gasteiger partial charge in [0.2, 0.25) is 0 Å². The van der Waals surface area contributed by atoms with Crippen molar-refractivity contribution in [1.82, 2.24) is 4.57 Å². The molecular formula is C16H15BrN2O4S2. The number of sulfonamides is 1. The highest BCUT2D eigenvalue weighted by molar-refractivity contribution is 9.10. The predicted molar refractivity (Wildman–Crippen MR) is 103 cm³/mol. The molecule has 0 fully saturated rings. The largest absolute Gasteiger partial charge is 0.495 e. The quantitative estimate of drug-likeness (QED) is 0.653. The lowest BCUT2D eigenvalue weighted by Crippen LogP contribution is -2.14. The number of nitrogens with one attached hydrogen (secondary N) is 1. The zero-order valence-electron chi connectivity index (χ0n) is 13.4. The zero-order valence-corrected chi connectivity index (χ0v) is 16.7. The fraction of sp³-hybridized carbons (Fsp3) is 0.188. The summed E-state index contributed by atoms with van der Waals surface area (Å²) in [7, 11) is -2.43. The van der Waals surface area contributed by atoms with Crippen LogP contribution in [0.1, 0.15) is 6.92 Å². The minimum atomic E-state index is -3.84. The summed E-state index contributed by atoms with van der Waals surface area (Å²) in [6.07, 6.45) is 0. The second kappa shape index (κ2) is 6.81. The molecule has 25 heavy (non-hydrogen) atoms. The van der Waals surface area contributed by atoms with Crippen LogP contribution in [0.15, 0.2) is 50.6 Å². The number of ether oxygens (including phenoxy) is 1. The monoisotopic (exact) mass is 442 g/mol. The van der Waals surface area contributed by atoms with Crippen molar-refractivity contribution in [2.24, 2.45) is 0 Å². The molecule has 3 rings (SSSR count). The highest BCUT2D eigenvalue weighted by Crippen LogP contribution is 2.30. The number of rotatable bonds is 5. The molecule has 0 amide bonds. The van der Waals surface area contributed by atoms with E-state index in [2.05, 4.69) is 20.7 Å². The van der Waals surface area contributed by atoms with Gasteiger partial charge in [0.25, 0.3) is 10.0 Å². The van der Waals surface area contributed by atoms with Crippen LogP contribution in [0.2, 0.25) is 0 Å². The van der Waals surface area contributed by atoms with Crippen LogP contribution in [-0.2, 0) is 16.6 Å². The van der Waals surface area contributed by atoms with Crippen molar-refractivity contribution in [3.05, 3.63) is 50.5 Å². The van der Waals surface area contributed by atoms with Crippen LogP contribution in [0.5, 0.6) is 5.75 Å². The van der Waals surface area contributed by atoms with Crippen molar-refractivity contribution in [3.8, 4) is 5.75 Å². The standard InChI is InChI=1S/C16H15BrN2O4S2/c1-3-19-12-6-5-11(9-14(12)24-16(19)20)18-25(21,22)15-8-10(17)4-7-13(15)23-2/h4-9,18H,3H2,1-2H3. The fourth-order valence-electron chi connectivity index (χ4n) is 2.50. The van der Waals surface area contributed by atoms with Crippen LogP contribution in [0.4, 0.5) is 5.69 Å². The van der Waals surface area contributed by atoms with Gasteiger partial charge in [-0.05, 0) is 43.3 Å². The number of hydrogen-bond acceptors (Lipinski definition) is 5. The molecule has 1 aromatic heterocycles. The Morgan fingerprint density at radius 1 is 1.24 bits per heavy atom. The number of aromatic nitrogens is 1. The Balaban J connectivity index is 2.03. The molecule has 132 valence electrons. The van der Waals surface area contributed by atoms with Crippen LogP contribution in [-0.4, -0.2) is 20.1 Å². The highest BCUT2D eigenvalue weighted by Gasteiger charge is 2.20. The van der Waals surface area contributed by atoms with Gasteiger partial charge in [0.15, 0.2) is 0 Å². The Bertz CT molecular complexity index is 1100. The molecular weight excluding hydrogens is 428 g/mol. The van der Waals surface area contributed by atoms with Crippen molar-refractivity contribution in [2.75, 3.05) is 11.8 Å². The van der Waals surface area contributed by atoms with E-state index >= 15 is 0 Å². The van der Waals surface area contributed by atoms with Gasteiger partial charge in [0.05, 0.1) is 23.0 Å². The molecule has 0 aliphatic carbocycles. The summed E-state index contributed by atoms with van der Waals surface area (Å²) in [4.78, 5) is 11.9. The molecule has 1 N–H and O–H groups in total. The van der Waals surface area contributed by atoms with Gasteiger partial charge in [0, 0.05) is 11.0 Å². The average molecular weight is 443 g/mol. The van der Waals surface area contributed by atoms with E-state index in [-0.39, 0.29) is 15.5 Å². The molecule has 0 atom stereocenters. The van der Waals surface area contributed by atoms with Crippen LogP contribution in [0.3, 0.4) is 0 Å². The summed E-state index contributed by atoms with van der Waals surface area (Å²) in [5.74, 6) is 0.249. The molecule has 0 saturated heterocycles. The molecule has 1 heterocycles. The summed E-state index contributed by atoms with van der Waals surface area (Å²) in [6.45, 7) is 2.46. The third-order valence-electron chi connectivity index (χ3n) is 3.65. The van der Waals surface area contributed by atoms with Gasteiger partial charge >= 0.3 is 4.87 Å². The van der Waals surface area contributed by atoms with Gasteiger partial charge in [-0.2, -0.15) is 0 Å². The van der Waals surface area contributed by atoms with E-state index in [1.807, 2.05) is 6.92 Å². The highest BCUT2D eigenvalue weighted by atomic mass is 79.9. The van der Waals surface area contributed by atoms with E-state index in [0.717, 1.165) is 21.6 Å². The van der Waals surface area contributed by atoms with Crippen molar-refractivity contribution < 1.29 is 13.2 Å². The first-order chi connectivity index (χ1) is 11.9. The normalized spacial score (nSPS) is 11.6. The number of methoxy groups -OCH3 is 1. The number of halogens is 1. The van der Waals surface area contributed by atoms with Crippen LogP contribution >= 0.6 is 27.3 Å². The van der Waals surface area contributed by atoms with E-state index in [0.29, 0.717) is 16.7 Å². The van der Waals surface area contributed by atoms with E-state index in [4.69, 9.17) is 4.74 Å². The minimum Gasteiger partial charge on any atom is -0.495 e. The molecule has 3 aromatic rings. The van der Waals surface area contributed by atoms with Gasteiger partial charge in [-0.1, -0.05) is 27.3 Å². The zero-order chi connectivity index (χ0) is 18.2. The van der Waals surface area contributed by atoms with Crippen molar-refractivity contribution >= 4 is 53.2 Å². The van der Waals surface area contributed by atoms with Crippen molar-refractivity contribution in [3.63, 3.8) is 0 Å². The lowest BCUT2D eigenvalue weighted by Gasteiger charge is -2.12. The summed E-state index contributed by atoms with van der Waals surface area (Å²) >= 11 is 4.36. The summed E-state index contributed by atoms with van der Waals surface area (Å²) in [6, 6.07) is 9.81. The number of thiazole rings is 1. The topological polar surface area (TPSA) is 77.4 Å². The molecule has 0 aliphatic rings. The first kappa shape index (κ1) is 18.0. The summed E-state index contributed by atoms with van der Waals surface area (Å²) < 4.78 is 36.1. The number of hydrogen-bond donors (Lipinski definition) is 1. The number of nitrogens with zero attached hydrogens (tertiary/aromatic N) is 1. The van der Waals surface area contributed by atoms with E-state index in [1.165, 1.54) is 13.2 Å². The maximum Gasteiger partial charge on any atom is 0.308 e. The number of fused-ring (bicyclic) bond motifs is 1. The smallest absolute Gasteiger partial charge is 0.308 e. The number of aryl methyl sites for hydroxylation is 1. The maximum atomic E-state index is 12.7. The first-order valence-corrected chi connectivity index (χ1v) is 10.4. The number of benzene rings is 2. The Morgan fingerprint density at radius 3 is 2.68 bits per heavy atom. The second-order valence-electron chi connectivity index (χ2n) is 5.20. The molecule has 0 saturated carbocycles. The molecule has 0 unspecified atom stereocenters. The predicted octanol–water partition coefficient (Wildman–Crippen LogP) is 3.65. The Hall–Kier alpha value is -1.84. The third kappa shape index (κ3) is 3.44. The van der Waals surface area contributed by atoms with Gasteiger partial charge in [-0.25, -0.2) is 8.42 Å².